The van der Waals surface area contributed by atoms with Gasteiger partial charge >= 0.3 is 0 Å². The number of rotatable bonds is 3. The summed E-state index contributed by atoms with van der Waals surface area (Å²) in [6, 6.07) is 7.24. The summed E-state index contributed by atoms with van der Waals surface area (Å²) >= 11 is 5.95. The Bertz CT molecular complexity index is 284. The summed E-state index contributed by atoms with van der Waals surface area (Å²) in [6.07, 6.45) is 0.563. The number of aliphatic hydroxyl groups is 1. The van der Waals surface area contributed by atoms with Crippen molar-refractivity contribution >= 4 is 11.6 Å². The van der Waals surface area contributed by atoms with E-state index in [1.54, 1.807) is 12.1 Å². The van der Waals surface area contributed by atoms with Crippen LogP contribution in [0.1, 0.15) is 18.9 Å². The molecule has 72 valence electrons. The molecule has 0 heterocycles. The Labute approximate surface area is 83.3 Å². The van der Waals surface area contributed by atoms with Crippen LogP contribution in [0.5, 0.6) is 0 Å². The average Bonchev–Trinajstić information content (AvgIpc) is 2.17. The van der Waals surface area contributed by atoms with Gasteiger partial charge in [0.15, 0.2) is 0 Å². The number of hydrogen-bond donors (Lipinski definition) is 2. The van der Waals surface area contributed by atoms with Crippen molar-refractivity contribution in [2.45, 2.75) is 18.9 Å². The minimum Gasteiger partial charge on any atom is -0.384 e. The molecule has 0 bridgehead atoms. The lowest BCUT2D eigenvalue weighted by Crippen LogP contribution is -2.34. The summed E-state index contributed by atoms with van der Waals surface area (Å²) in [5.74, 6) is 0. The third kappa shape index (κ3) is 2.02. The molecule has 1 aromatic carbocycles. The van der Waals surface area contributed by atoms with E-state index in [-0.39, 0.29) is 6.54 Å². The van der Waals surface area contributed by atoms with Gasteiger partial charge in [-0.3, -0.25) is 0 Å². The Kier molecular flexibility index (Phi) is 3.31. The zero-order valence-corrected chi connectivity index (χ0v) is 8.38. The van der Waals surface area contributed by atoms with Crippen LogP contribution in [0.3, 0.4) is 0 Å². The summed E-state index contributed by atoms with van der Waals surface area (Å²) in [6.45, 7) is 2.07. The summed E-state index contributed by atoms with van der Waals surface area (Å²) in [5, 5.41) is 10.6. The van der Waals surface area contributed by atoms with Crippen LogP contribution in [0.25, 0.3) is 0 Å². The Balaban J connectivity index is 3.12. The molecule has 0 aromatic heterocycles. The molecule has 1 atom stereocenters. The van der Waals surface area contributed by atoms with E-state index in [1.165, 1.54) is 0 Å². The van der Waals surface area contributed by atoms with Crippen LogP contribution in [0.15, 0.2) is 24.3 Å². The molecule has 0 aliphatic rings. The Morgan fingerprint density at radius 2 is 2.08 bits per heavy atom. The molecule has 3 N–H and O–H groups in total. The van der Waals surface area contributed by atoms with E-state index in [9.17, 15) is 5.11 Å². The highest BCUT2D eigenvalue weighted by Crippen LogP contribution is 2.29. The predicted octanol–water partition coefficient (Wildman–Crippen LogP) is 1.90. The Morgan fingerprint density at radius 3 is 2.54 bits per heavy atom. The van der Waals surface area contributed by atoms with Gasteiger partial charge in [-0.1, -0.05) is 36.7 Å². The van der Waals surface area contributed by atoms with Crippen LogP contribution in [-0.2, 0) is 5.60 Å². The molecule has 1 aromatic rings. The summed E-state index contributed by atoms with van der Waals surface area (Å²) in [4.78, 5) is 0. The van der Waals surface area contributed by atoms with E-state index in [0.29, 0.717) is 17.0 Å². The minimum atomic E-state index is -0.988. The molecule has 0 aliphatic heterocycles. The second-order valence-corrected chi connectivity index (χ2v) is 3.48. The fourth-order valence-electron chi connectivity index (χ4n) is 1.28. The van der Waals surface area contributed by atoms with Crippen LogP contribution in [0.4, 0.5) is 0 Å². The van der Waals surface area contributed by atoms with E-state index in [1.807, 2.05) is 19.1 Å². The normalized spacial score (nSPS) is 15.4. The fourth-order valence-corrected chi connectivity index (χ4v) is 1.59. The molecule has 3 heteroatoms. The second kappa shape index (κ2) is 4.09. The summed E-state index contributed by atoms with van der Waals surface area (Å²) in [5.41, 5.74) is 5.23. The largest absolute Gasteiger partial charge is 0.384 e. The van der Waals surface area contributed by atoms with Gasteiger partial charge in [-0.2, -0.15) is 0 Å². The average molecular weight is 200 g/mol. The SMILES string of the molecule is CCC(O)(CN)c1ccccc1Cl. The molecule has 0 aliphatic carbocycles. The van der Waals surface area contributed by atoms with Crippen molar-refractivity contribution in [1.82, 2.24) is 0 Å². The van der Waals surface area contributed by atoms with Crippen molar-refractivity contribution < 1.29 is 5.11 Å². The number of hydrogen-bond acceptors (Lipinski definition) is 2. The second-order valence-electron chi connectivity index (χ2n) is 3.07. The van der Waals surface area contributed by atoms with E-state index in [0.717, 1.165) is 0 Å². The molecule has 0 radical (unpaired) electrons. The molecule has 0 spiro atoms. The van der Waals surface area contributed by atoms with Crippen LogP contribution in [0.2, 0.25) is 5.02 Å². The number of halogens is 1. The summed E-state index contributed by atoms with van der Waals surface area (Å²) in [7, 11) is 0. The Hall–Kier alpha value is -0.570. The van der Waals surface area contributed by atoms with E-state index >= 15 is 0 Å². The third-order valence-electron chi connectivity index (χ3n) is 2.30. The molecule has 0 saturated heterocycles. The lowest BCUT2D eigenvalue weighted by Gasteiger charge is -2.26. The maximum Gasteiger partial charge on any atom is 0.103 e. The van der Waals surface area contributed by atoms with Crippen molar-refractivity contribution in [1.29, 1.82) is 0 Å². The van der Waals surface area contributed by atoms with Crippen LogP contribution < -0.4 is 5.73 Å². The van der Waals surface area contributed by atoms with Gasteiger partial charge in [0.2, 0.25) is 0 Å². The van der Waals surface area contributed by atoms with Gasteiger partial charge in [0.05, 0.1) is 0 Å². The third-order valence-corrected chi connectivity index (χ3v) is 2.63. The summed E-state index contributed by atoms with van der Waals surface area (Å²) < 4.78 is 0. The van der Waals surface area contributed by atoms with Gasteiger partial charge in [-0.15, -0.1) is 0 Å². The molecule has 13 heavy (non-hydrogen) atoms. The van der Waals surface area contributed by atoms with Crippen molar-refractivity contribution in [2.75, 3.05) is 6.54 Å². The maximum absolute atomic E-state index is 10.1. The van der Waals surface area contributed by atoms with Gasteiger partial charge in [-0.25, -0.2) is 0 Å². The predicted molar refractivity (Wildman–Crippen MR) is 54.7 cm³/mol. The van der Waals surface area contributed by atoms with Crippen molar-refractivity contribution in [3.8, 4) is 0 Å². The molecule has 0 amide bonds. The highest BCUT2D eigenvalue weighted by molar-refractivity contribution is 6.31. The smallest absolute Gasteiger partial charge is 0.103 e. The fraction of sp³-hybridized carbons (Fsp3) is 0.400. The first-order chi connectivity index (χ1) is 6.14. The van der Waals surface area contributed by atoms with Gasteiger partial charge in [0, 0.05) is 17.1 Å². The topological polar surface area (TPSA) is 46.2 Å². The van der Waals surface area contributed by atoms with Crippen molar-refractivity contribution in [3.63, 3.8) is 0 Å². The molecular weight excluding hydrogens is 186 g/mol. The number of nitrogens with two attached hydrogens (primary N) is 1. The van der Waals surface area contributed by atoms with Crippen LogP contribution >= 0.6 is 11.6 Å². The first-order valence-corrected chi connectivity index (χ1v) is 4.69. The highest BCUT2D eigenvalue weighted by atomic mass is 35.5. The molecular formula is C10H14ClNO. The maximum atomic E-state index is 10.1. The van der Waals surface area contributed by atoms with Gasteiger partial charge in [0.1, 0.15) is 5.60 Å². The lowest BCUT2D eigenvalue weighted by atomic mass is 9.91. The molecule has 0 fully saturated rings. The van der Waals surface area contributed by atoms with Crippen LogP contribution in [0, 0.1) is 0 Å². The molecule has 0 saturated carbocycles. The lowest BCUT2D eigenvalue weighted by molar-refractivity contribution is 0.0420. The minimum absolute atomic E-state index is 0.188. The monoisotopic (exact) mass is 199 g/mol. The first-order valence-electron chi connectivity index (χ1n) is 4.31. The van der Waals surface area contributed by atoms with Gasteiger partial charge < -0.3 is 10.8 Å². The van der Waals surface area contributed by atoms with Gasteiger partial charge in [-0.05, 0) is 12.5 Å². The zero-order chi connectivity index (χ0) is 9.90. The quantitative estimate of drug-likeness (QED) is 0.781. The zero-order valence-electron chi connectivity index (χ0n) is 7.63. The Morgan fingerprint density at radius 1 is 1.46 bits per heavy atom. The first kappa shape index (κ1) is 10.5. The van der Waals surface area contributed by atoms with Crippen molar-refractivity contribution in [2.24, 2.45) is 5.73 Å². The molecule has 2 nitrogen and oxygen atoms in total. The number of benzene rings is 1. The van der Waals surface area contributed by atoms with Crippen molar-refractivity contribution in [3.05, 3.63) is 34.9 Å². The van der Waals surface area contributed by atoms with Gasteiger partial charge in [0.25, 0.3) is 0 Å². The molecule has 1 unspecified atom stereocenters. The van der Waals surface area contributed by atoms with E-state index < -0.39 is 5.60 Å². The van der Waals surface area contributed by atoms with Crippen LogP contribution in [-0.4, -0.2) is 11.7 Å². The standard InChI is InChI=1S/C10H14ClNO/c1-2-10(13,7-12)8-5-3-4-6-9(8)11/h3-6,13H,2,7,12H2,1H3. The van der Waals surface area contributed by atoms with E-state index in [4.69, 9.17) is 17.3 Å². The van der Waals surface area contributed by atoms with E-state index in [2.05, 4.69) is 0 Å². The molecule has 1 rings (SSSR count). The highest BCUT2D eigenvalue weighted by Gasteiger charge is 2.27.